The van der Waals surface area contributed by atoms with Crippen molar-refractivity contribution in [2.75, 3.05) is 44.4 Å². The van der Waals surface area contributed by atoms with Gasteiger partial charge < -0.3 is 14.7 Å². The molecule has 0 amide bonds. The summed E-state index contributed by atoms with van der Waals surface area (Å²) in [4.78, 5) is 8.22. The predicted octanol–water partition coefficient (Wildman–Crippen LogP) is 2.05. The van der Waals surface area contributed by atoms with Crippen molar-refractivity contribution in [2.45, 2.75) is 13.1 Å². The Hall–Kier alpha value is -2.02. The van der Waals surface area contributed by atoms with Crippen LogP contribution in [0.5, 0.6) is 0 Å². The Morgan fingerprint density at radius 2 is 1.96 bits per heavy atom. The van der Waals surface area contributed by atoms with Gasteiger partial charge in [-0.3, -0.25) is 9.88 Å². The van der Waals surface area contributed by atoms with Gasteiger partial charge in [0.2, 0.25) is 0 Å². The van der Waals surface area contributed by atoms with Gasteiger partial charge in [-0.25, -0.2) is 4.39 Å². The van der Waals surface area contributed by atoms with Gasteiger partial charge in [0.1, 0.15) is 5.82 Å². The van der Waals surface area contributed by atoms with Gasteiger partial charge in [-0.05, 0) is 29.3 Å². The van der Waals surface area contributed by atoms with Gasteiger partial charge in [0, 0.05) is 45.1 Å². The first-order valence-electron chi connectivity index (χ1n) is 8.59. The van der Waals surface area contributed by atoms with Crippen LogP contribution in [0.15, 0.2) is 42.7 Å². The molecule has 1 aliphatic heterocycles. The molecule has 25 heavy (non-hydrogen) atoms. The Kier molecular flexibility index (Phi) is 6.33. The summed E-state index contributed by atoms with van der Waals surface area (Å²) in [7, 11) is 0. The van der Waals surface area contributed by atoms with E-state index in [1.54, 1.807) is 12.3 Å². The maximum Gasteiger partial charge on any atom is 0.146 e. The van der Waals surface area contributed by atoms with Crippen LogP contribution in [0.1, 0.15) is 11.1 Å². The van der Waals surface area contributed by atoms with Crippen molar-refractivity contribution in [3.05, 3.63) is 59.7 Å². The summed E-state index contributed by atoms with van der Waals surface area (Å²) in [6.45, 7) is 4.54. The van der Waals surface area contributed by atoms with E-state index < -0.39 is 0 Å². The Balaban J connectivity index is 1.68. The second-order valence-electron chi connectivity index (χ2n) is 6.18. The van der Waals surface area contributed by atoms with Crippen LogP contribution < -0.4 is 4.90 Å². The minimum atomic E-state index is -0.204. The van der Waals surface area contributed by atoms with Crippen LogP contribution in [0.25, 0.3) is 0 Å². The largest absolute Gasteiger partial charge is 0.395 e. The van der Waals surface area contributed by atoms with E-state index in [0.29, 0.717) is 51.6 Å². The molecule has 2 heterocycles. The zero-order valence-corrected chi connectivity index (χ0v) is 14.3. The molecule has 0 spiro atoms. The van der Waals surface area contributed by atoms with Crippen LogP contribution in [-0.4, -0.2) is 54.4 Å². The number of nitrogens with zero attached hydrogens (tertiary/aromatic N) is 3. The number of morpholine rings is 1. The third-order valence-electron chi connectivity index (χ3n) is 4.32. The highest BCUT2D eigenvalue weighted by atomic mass is 19.1. The lowest BCUT2D eigenvalue weighted by molar-refractivity contribution is 0.122. The van der Waals surface area contributed by atoms with Crippen molar-refractivity contribution in [1.82, 2.24) is 9.88 Å². The maximum atomic E-state index is 14.5. The second kappa shape index (κ2) is 8.89. The first-order valence-corrected chi connectivity index (χ1v) is 8.59. The highest BCUT2D eigenvalue weighted by molar-refractivity contribution is 5.49. The van der Waals surface area contributed by atoms with E-state index in [1.807, 2.05) is 35.4 Å². The number of pyridine rings is 1. The Labute approximate surface area is 147 Å². The second-order valence-corrected chi connectivity index (χ2v) is 6.18. The number of aliphatic hydroxyl groups is 1. The highest BCUT2D eigenvalue weighted by Crippen LogP contribution is 2.22. The third-order valence-corrected chi connectivity index (χ3v) is 4.32. The van der Waals surface area contributed by atoms with Gasteiger partial charge in [0.25, 0.3) is 0 Å². The van der Waals surface area contributed by atoms with E-state index in [9.17, 15) is 9.50 Å². The number of aliphatic hydroxyl groups excluding tert-OH is 1. The molecule has 6 heteroatoms. The molecule has 3 rings (SSSR count). The average Bonchev–Trinajstić information content (AvgIpc) is 2.64. The molecular weight excluding hydrogens is 321 g/mol. The highest BCUT2D eigenvalue weighted by Gasteiger charge is 2.16. The fourth-order valence-electron chi connectivity index (χ4n) is 3.07. The van der Waals surface area contributed by atoms with Crippen LogP contribution in [0.4, 0.5) is 10.1 Å². The zero-order chi connectivity index (χ0) is 17.5. The van der Waals surface area contributed by atoms with Crippen LogP contribution in [-0.2, 0) is 17.8 Å². The SMILES string of the molecule is OCCN(Cc1cccnc1)Cc1ccc(N2CCOCC2)c(F)c1. The molecule has 1 aliphatic rings. The number of aromatic nitrogens is 1. The normalized spacial score (nSPS) is 14.9. The van der Waals surface area contributed by atoms with Gasteiger partial charge in [0.05, 0.1) is 25.5 Å². The molecule has 0 radical (unpaired) electrons. The van der Waals surface area contributed by atoms with Crippen molar-refractivity contribution in [2.24, 2.45) is 0 Å². The Morgan fingerprint density at radius 1 is 1.16 bits per heavy atom. The van der Waals surface area contributed by atoms with Gasteiger partial charge >= 0.3 is 0 Å². The van der Waals surface area contributed by atoms with E-state index in [2.05, 4.69) is 9.88 Å². The lowest BCUT2D eigenvalue weighted by Gasteiger charge is -2.29. The zero-order valence-electron chi connectivity index (χ0n) is 14.3. The topological polar surface area (TPSA) is 48.8 Å². The summed E-state index contributed by atoms with van der Waals surface area (Å²) >= 11 is 0. The number of benzene rings is 1. The molecule has 0 saturated carbocycles. The summed E-state index contributed by atoms with van der Waals surface area (Å²) < 4.78 is 19.9. The maximum absolute atomic E-state index is 14.5. The van der Waals surface area contributed by atoms with E-state index in [4.69, 9.17) is 4.74 Å². The van der Waals surface area contributed by atoms with E-state index in [1.165, 1.54) is 0 Å². The molecular formula is C19H24FN3O2. The average molecular weight is 345 g/mol. The van der Waals surface area contributed by atoms with Crippen LogP contribution in [0.3, 0.4) is 0 Å². The van der Waals surface area contributed by atoms with Gasteiger partial charge in [-0.15, -0.1) is 0 Å². The molecule has 2 aromatic rings. The molecule has 0 bridgehead atoms. The number of hydrogen-bond donors (Lipinski definition) is 1. The number of hydrogen-bond acceptors (Lipinski definition) is 5. The molecule has 0 unspecified atom stereocenters. The smallest absolute Gasteiger partial charge is 0.146 e. The number of anilines is 1. The van der Waals surface area contributed by atoms with Crippen LogP contribution in [0, 0.1) is 5.82 Å². The molecule has 5 nitrogen and oxygen atoms in total. The van der Waals surface area contributed by atoms with Crippen molar-refractivity contribution in [3.8, 4) is 0 Å². The van der Waals surface area contributed by atoms with Crippen molar-refractivity contribution >= 4 is 5.69 Å². The summed E-state index contributed by atoms with van der Waals surface area (Å²) in [6.07, 6.45) is 3.55. The number of ether oxygens (including phenoxy) is 1. The molecule has 0 aliphatic carbocycles. The van der Waals surface area contributed by atoms with Crippen LogP contribution >= 0.6 is 0 Å². The summed E-state index contributed by atoms with van der Waals surface area (Å²) in [6, 6.07) is 9.29. The van der Waals surface area contributed by atoms with E-state index >= 15 is 0 Å². The Bertz CT molecular complexity index is 663. The van der Waals surface area contributed by atoms with E-state index in [0.717, 1.165) is 11.1 Å². The fourth-order valence-corrected chi connectivity index (χ4v) is 3.07. The number of halogens is 1. The summed E-state index contributed by atoms with van der Waals surface area (Å²) in [5.41, 5.74) is 2.60. The van der Waals surface area contributed by atoms with Gasteiger partial charge in [0.15, 0.2) is 0 Å². The van der Waals surface area contributed by atoms with E-state index in [-0.39, 0.29) is 12.4 Å². The monoisotopic (exact) mass is 345 g/mol. The molecule has 1 aromatic heterocycles. The fraction of sp³-hybridized carbons (Fsp3) is 0.421. The number of rotatable bonds is 7. The quantitative estimate of drug-likeness (QED) is 0.832. The van der Waals surface area contributed by atoms with Crippen LogP contribution in [0.2, 0.25) is 0 Å². The van der Waals surface area contributed by atoms with Crippen molar-refractivity contribution in [1.29, 1.82) is 0 Å². The molecule has 1 aromatic carbocycles. The predicted molar refractivity (Wildman–Crippen MR) is 94.9 cm³/mol. The minimum absolute atomic E-state index is 0.0641. The van der Waals surface area contributed by atoms with Crippen molar-refractivity contribution in [3.63, 3.8) is 0 Å². The first-order chi connectivity index (χ1) is 12.3. The molecule has 0 atom stereocenters. The van der Waals surface area contributed by atoms with Crippen molar-refractivity contribution < 1.29 is 14.2 Å². The molecule has 1 fully saturated rings. The Morgan fingerprint density at radius 3 is 2.64 bits per heavy atom. The third kappa shape index (κ3) is 4.98. The summed E-state index contributed by atoms with van der Waals surface area (Å²) in [5.74, 6) is -0.204. The molecule has 1 N–H and O–H groups in total. The molecule has 134 valence electrons. The minimum Gasteiger partial charge on any atom is -0.395 e. The first kappa shape index (κ1) is 17.8. The summed E-state index contributed by atoms with van der Waals surface area (Å²) in [5, 5.41) is 9.31. The molecule has 1 saturated heterocycles. The standard InChI is InChI=1S/C19H24FN3O2/c20-18-12-16(3-4-19(18)23-7-10-25-11-8-23)14-22(6-9-24)15-17-2-1-5-21-13-17/h1-5,12-13,24H,6-11,14-15H2. The van der Waals surface area contributed by atoms with Gasteiger partial charge in [-0.2, -0.15) is 0 Å². The lowest BCUT2D eigenvalue weighted by Crippen LogP contribution is -2.36. The lowest BCUT2D eigenvalue weighted by atomic mass is 10.1. The van der Waals surface area contributed by atoms with Gasteiger partial charge in [-0.1, -0.05) is 12.1 Å².